The maximum atomic E-state index is 3.69. The summed E-state index contributed by atoms with van der Waals surface area (Å²) in [7, 11) is 0. The Kier molecular flexibility index (Phi) is 6.08. The van der Waals surface area contributed by atoms with E-state index in [4.69, 9.17) is 0 Å². The summed E-state index contributed by atoms with van der Waals surface area (Å²) < 4.78 is 2.37. The molecule has 0 amide bonds. The van der Waals surface area contributed by atoms with Crippen molar-refractivity contribution in [2.75, 3.05) is 4.90 Å². The van der Waals surface area contributed by atoms with Crippen LogP contribution in [0.5, 0.6) is 0 Å². The van der Waals surface area contributed by atoms with Gasteiger partial charge in [-0.1, -0.05) is 109 Å². The summed E-state index contributed by atoms with van der Waals surface area (Å²) >= 11 is 0. The van der Waals surface area contributed by atoms with E-state index in [0.717, 1.165) is 11.0 Å². The van der Waals surface area contributed by atoms with Gasteiger partial charge in [0.1, 0.15) is 0 Å². The molecule has 0 fully saturated rings. The molecule has 0 spiro atoms. The first-order valence-corrected chi connectivity index (χ1v) is 17.8. The Hall–Kier alpha value is -6.58. The van der Waals surface area contributed by atoms with E-state index >= 15 is 0 Å². The summed E-state index contributed by atoms with van der Waals surface area (Å²) in [4.78, 5) is 6.18. The molecule has 1 aliphatic heterocycles. The van der Waals surface area contributed by atoms with Crippen LogP contribution < -0.4 is 4.90 Å². The van der Waals surface area contributed by atoms with E-state index in [2.05, 4.69) is 196 Å². The molecule has 1 aliphatic carbocycles. The summed E-state index contributed by atoms with van der Waals surface area (Å²) in [6, 6.07) is 60.0. The quantitative estimate of drug-likeness (QED) is 0.201. The van der Waals surface area contributed by atoms with E-state index in [0.29, 0.717) is 0 Å². The molecule has 2 unspecified atom stereocenters. The molecule has 9 aromatic rings. The first kappa shape index (κ1) is 28.3. The standard InChI is InChI=1S/C48H33N3/c1-3-11-35(12-4-1)50-45-17-9-7-15-37(45)41-29-33(21-25-47(41)50)31-19-23-43-39(27-31)40-28-32(20-24-44(40)49-43)34-22-26-48-42(30-34)38-16-8-10-18-46(38)51(48)36-13-5-2-6-14-36/h1-30,41,47,49H. The highest BCUT2D eigenvalue weighted by molar-refractivity contribution is 6.12. The van der Waals surface area contributed by atoms with Gasteiger partial charge in [0.25, 0.3) is 0 Å². The molecule has 0 saturated carbocycles. The molecule has 2 aliphatic rings. The number of para-hydroxylation sites is 4. The smallest absolute Gasteiger partial charge is 0.0630 e. The molecule has 7 aromatic carbocycles. The van der Waals surface area contributed by atoms with E-state index in [-0.39, 0.29) is 12.0 Å². The lowest BCUT2D eigenvalue weighted by Crippen LogP contribution is -2.28. The van der Waals surface area contributed by atoms with Crippen LogP contribution in [0.25, 0.3) is 66.0 Å². The van der Waals surface area contributed by atoms with Gasteiger partial charge in [-0.3, -0.25) is 0 Å². The molecule has 0 radical (unpaired) electrons. The Morgan fingerprint density at radius 1 is 0.471 bits per heavy atom. The third kappa shape index (κ3) is 4.31. The summed E-state index contributed by atoms with van der Waals surface area (Å²) in [5, 5.41) is 5.03. The van der Waals surface area contributed by atoms with Crippen LogP contribution in [0.3, 0.4) is 0 Å². The number of aromatic amines is 1. The number of hydrogen-bond acceptors (Lipinski definition) is 1. The molecule has 2 atom stereocenters. The van der Waals surface area contributed by atoms with Crippen LogP contribution in [0.1, 0.15) is 17.0 Å². The predicted molar refractivity (Wildman–Crippen MR) is 214 cm³/mol. The van der Waals surface area contributed by atoms with Crippen molar-refractivity contribution in [3.63, 3.8) is 0 Å². The van der Waals surface area contributed by atoms with Gasteiger partial charge in [0.2, 0.25) is 0 Å². The third-order valence-electron chi connectivity index (χ3n) is 11.0. The zero-order chi connectivity index (χ0) is 33.5. The van der Waals surface area contributed by atoms with Crippen molar-refractivity contribution in [1.82, 2.24) is 9.55 Å². The van der Waals surface area contributed by atoms with E-state index in [1.807, 2.05) is 0 Å². The number of anilines is 2. The number of allylic oxidation sites excluding steroid dienone is 2. The van der Waals surface area contributed by atoms with Gasteiger partial charge in [0.15, 0.2) is 0 Å². The van der Waals surface area contributed by atoms with Gasteiger partial charge >= 0.3 is 0 Å². The molecule has 240 valence electrons. The van der Waals surface area contributed by atoms with Crippen LogP contribution in [0.15, 0.2) is 182 Å². The highest BCUT2D eigenvalue weighted by Crippen LogP contribution is 2.49. The lowest BCUT2D eigenvalue weighted by atomic mass is 9.86. The van der Waals surface area contributed by atoms with Gasteiger partial charge in [-0.05, 0) is 101 Å². The van der Waals surface area contributed by atoms with Crippen LogP contribution in [-0.2, 0) is 0 Å². The fourth-order valence-electron chi connectivity index (χ4n) is 8.70. The van der Waals surface area contributed by atoms with Crippen molar-refractivity contribution in [3.05, 3.63) is 193 Å². The number of nitrogens with one attached hydrogen (secondary N) is 1. The summed E-state index contributed by atoms with van der Waals surface area (Å²) in [6.07, 6.45) is 7.20. The molecule has 51 heavy (non-hydrogen) atoms. The Morgan fingerprint density at radius 3 is 1.88 bits per heavy atom. The second-order valence-corrected chi connectivity index (χ2v) is 13.8. The Balaban J connectivity index is 0.998. The highest BCUT2D eigenvalue weighted by atomic mass is 15.2. The number of benzene rings is 7. The van der Waals surface area contributed by atoms with Crippen molar-refractivity contribution in [2.24, 2.45) is 0 Å². The zero-order valence-corrected chi connectivity index (χ0v) is 27.9. The van der Waals surface area contributed by atoms with Gasteiger partial charge in [-0.2, -0.15) is 0 Å². The molecule has 0 bridgehead atoms. The Labute approximate surface area is 296 Å². The van der Waals surface area contributed by atoms with Gasteiger partial charge in [-0.15, -0.1) is 0 Å². The Bertz CT molecular complexity index is 2870. The number of fused-ring (bicyclic) bond motifs is 9. The van der Waals surface area contributed by atoms with Crippen molar-refractivity contribution in [1.29, 1.82) is 0 Å². The maximum absolute atomic E-state index is 3.69. The normalized spacial score (nSPS) is 16.6. The van der Waals surface area contributed by atoms with Crippen LogP contribution in [0.4, 0.5) is 11.4 Å². The average Bonchev–Trinajstić information content (AvgIpc) is 3.85. The second kappa shape index (κ2) is 11.0. The molecule has 3 heterocycles. The molecule has 3 nitrogen and oxygen atoms in total. The summed E-state index contributed by atoms with van der Waals surface area (Å²) in [6.45, 7) is 0. The highest BCUT2D eigenvalue weighted by Gasteiger charge is 2.38. The van der Waals surface area contributed by atoms with Gasteiger partial charge in [0.05, 0.1) is 17.1 Å². The SMILES string of the molecule is C1=CC2C(C=C1c1ccc3[nH]c4ccc(-c5ccc6c(c5)c5ccccc5n6-c5ccccc5)cc4c3c1)c1ccccc1N2c1ccccc1. The molecule has 2 aromatic heterocycles. The van der Waals surface area contributed by atoms with Gasteiger partial charge in [0, 0.05) is 55.6 Å². The van der Waals surface area contributed by atoms with Gasteiger partial charge < -0.3 is 14.5 Å². The lowest BCUT2D eigenvalue weighted by molar-refractivity contribution is 0.747. The van der Waals surface area contributed by atoms with Crippen molar-refractivity contribution >= 4 is 60.6 Å². The molecule has 3 heteroatoms. The van der Waals surface area contributed by atoms with E-state index in [1.165, 1.54) is 77.5 Å². The van der Waals surface area contributed by atoms with Crippen LogP contribution in [-0.4, -0.2) is 15.6 Å². The van der Waals surface area contributed by atoms with E-state index in [1.54, 1.807) is 0 Å². The van der Waals surface area contributed by atoms with Crippen LogP contribution in [0, 0.1) is 0 Å². The topological polar surface area (TPSA) is 24.0 Å². The van der Waals surface area contributed by atoms with Crippen molar-refractivity contribution < 1.29 is 0 Å². The molecular formula is C48H33N3. The summed E-state index contributed by atoms with van der Waals surface area (Å²) in [5.74, 6) is 0.287. The predicted octanol–water partition coefficient (Wildman–Crippen LogP) is 12.3. The number of rotatable bonds is 4. The van der Waals surface area contributed by atoms with E-state index in [9.17, 15) is 0 Å². The molecule has 0 saturated heterocycles. The minimum absolute atomic E-state index is 0.256. The van der Waals surface area contributed by atoms with Gasteiger partial charge in [-0.25, -0.2) is 0 Å². The largest absolute Gasteiger partial charge is 0.355 e. The molecule has 1 N–H and O–H groups in total. The number of hydrogen-bond donors (Lipinski definition) is 1. The molecular weight excluding hydrogens is 619 g/mol. The maximum Gasteiger partial charge on any atom is 0.0630 e. The van der Waals surface area contributed by atoms with Crippen LogP contribution in [0.2, 0.25) is 0 Å². The fourth-order valence-corrected chi connectivity index (χ4v) is 8.70. The third-order valence-corrected chi connectivity index (χ3v) is 11.0. The van der Waals surface area contributed by atoms with Crippen molar-refractivity contribution in [2.45, 2.75) is 12.0 Å². The number of nitrogens with zero attached hydrogens (tertiary/aromatic N) is 2. The van der Waals surface area contributed by atoms with E-state index < -0.39 is 0 Å². The summed E-state index contributed by atoms with van der Waals surface area (Å²) in [5.41, 5.74) is 14.8. The first-order chi connectivity index (χ1) is 25.3. The van der Waals surface area contributed by atoms with Crippen LogP contribution >= 0.6 is 0 Å². The van der Waals surface area contributed by atoms with Crippen molar-refractivity contribution in [3.8, 4) is 16.8 Å². The first-order valence-electron chi connectivity index (χ1n) is 17.8. The zero-order valence-electron chi connectivity index (χ0n) is 27.9. The monoisotopic (exact) mass is 651 g/mol. The minimum Gasteiger partial charge on any atom is -0.355 e. The average molecular weight is 652 g/mol. The number of aromatic nitrogens is 2. The lowest BCUT2D eigenvalue weighted by Gasteiger charge is -2.29. The Morgan fingerprint density at radius 2 is 1.08 bits per heavy atom. The minimum atomic E-state index is 0.256. The fraction of sp³-hybridized carbons (Fsp3) is 0.0417. The molecule has 11 rings (SSSR count). The number of H-pyrrole nitrogens is 1. The second-order valence-electron chi connectivity index (χ2n) is 13.8.